The molecule has 1 saturated heterocycles. The fourth-order valence-corrected chi connectivity index (χ4v) is 3.56. The molecule has 3 rings (SSSR count). The van der Waals surface area contributed by atoms with Crippen LogP contribution in [0.15, 0.2) is 24.3 Å². The number of carbonyl (C=O) groups is 2. The van der Waals surface area contributed by atoms with Crippen molar-refractivity contribution in [2.45, 2.75) is 12.1 Å². The Morgan fingerprint density at radius 2 is 1.73 bits per heavy atom. The van der Waals surface area contributed by atoms with E-state index in [9.17, 15) is 27.7 Å². The molecule has 2 amide bonds. The van der Waals surface area contributed by atoms with Gasteiger partial charge in [-0.1, -0.05) is 24.3 Å². The van der Waals surface area contributed by atoms with E-state index >= 15 is 0 Å². The number of benzene rings is 1. The molecule has 106 valence electrons. The molecule has 0 aliphatic carbocycles. The smallest absolute Gasteiger partial charge is 0.731 e. The maximum Gasteiger partial charge on any atom is 1.00 e. The van der Waals surface area contributed by atoms with Crippen LogP contribution in [0.1, 0.15) is 23.2 Å². The number of hydrogen-bond donors (Lipinski definition) is 0. The van der Waals surface area contributed by atoms with Gasteiger partial charge in [0.15, 0.2) is 10.3 Å². The van der Waals surface area contributed by atoms with Gasteiger partial charge in [0.05, 0.1) is 18.1 Å². The third kappa shape index (κ3) is 2.96. The van der Waals surface area contributed by atoms with Gasteiger partial charge in [-0.3, -0.25) is 0 Å². The molecular formula is C11H8N2Na2O6S. The largest absolute Gasteiger partial charge is 1.00 e. The van der Waals surface area contributed by atoms with Crippen LogP contribution >= 0.6 is 0 Å². The Kier molecular flexibility index (Phi) is 6.13. The average Bonchev–Trinajstić information content (AvgIpc) is 2.63. The molecule has 1 aromatic carbocycles. The Hall–Kier alpha value is -0.130. The van der Waals surface area contributed by atoms with Crippen molar-refractivity contribution < 1.29 is 86.8 Å². The van der Waals surface area contributed by atoms with E-state index in [0.717, 1.165) is 4.90 Å². The Labute approximate surface area is 170 Å². The van der Waals surface area contributed by atoms with E-state index in [0.29, 0.717) is 5.56 Å². The van der Waals surface area contributed by atoms with Crippen molar-refractivity contribution in [3.8, 4) is 0 Å². The van der Waals surface area contributed by atoms with Crippen LogP contribution in [-0.2, 0) is 15.1 Å². The van der Waals surface area contributed by atoms with E-state index in [-0.39, 0.29) is 75.5 Å². The number of amides is 2. The minimum atomic E-state index is -5.02. The Morgan fingerprint density at radius 1 is 1.18 bits per heavy atom. The van der Waals surface area contributed by atoms with Crippen molar-refractivity contribution in [1.29, 1.82) is 0 Å². The molecule has 2 aliphatic heterocycles. The van der Waals surface area contributed by atoms with E-state index in [2.05, 4.69) is 0 Å². The van der Waals surface area contributed by atoms with Crippen LogP contribution in [0.25, 0.3) is 0 Å². The van der Waals surface area contributed by atoms with Gasteiger partial charge in [-0.15, -0.1) is 0 Å². The average molecular weight is 342 g/mol. The summed E-state index contributed by atoms with van der Waals surface area (Å²) >= 11 is 0. The Morgan fingerprint density at radius 3 is 2.23 bits per heavy atom. The van der Waals surface area contributed by atoms with Gasteiger partial charge in [0.2, 0.25) is 0 Å². The second-order valence-electron chi connectivity index (χ2n) is 4.55. The Bertz CT molecular complexity index is 725. The van der Waals surface area contributed by atoms with Gasteiger partial charge in [0.1, 0.15) is 0 Å². The summed E-state index contributed by atoms with van der Waals surface area (Å²) in [6.45, 7) is -0.171. The number of nitrogens with zero attached hydrogens (tertiary/aromatic N) is 2. The summed E-state index contributed by atoms with van der Waals surface area (Å²) in [6.07, 6.45) is 0. The predicted octanol–water partition coefficient (Wildman–Crippen LogP) is -7.26. The van der Waals surface area contributed by atoms with Crippen LogP contribution in [0.5, 0.6) is 0 Å². The molecule has 0 unspecified atom stereocenters. The summed E-state index contributed by atoms with van der Waals surface area (Å²) in [4.78, 5) is 24.1. The minimum absolute atomic E-state index is 0. The molecule has 0 aromatic heterocycles. The van der Waals surface area contributed by atoms with Gasteiger partial charge in [-0.05, 0) is 11.1 Å². The molecule has 2 heterocycles. The standard InChI is InChI=1S/C11H10N2O6S.2Na/c14-10(15)9-7-4-2-1-3-6(7)8-5-12(9)11(16)13(8)20(17,18)19;;/h1-4,8-9H,5H2,(H,14,15)(H,17,18,19);;/q;2*+1/p-2/t8-,9+;;/m0../s1. The third-order valence-electron chi connectivity index (χ3n) is 3.51. The van der Waals surface area contributed by atoms with Gasteiger partial charge < -0.3 is 19.4 Å². The molecule has 0 radical (unpaired) electrons. The summed E-state index contributed by atoms with van der Waals surface area (Å²) in [7, 11) is -5.02. The molecule has 22 heavy (non-hydrogen) atoms. The quantitative estimate of drug-likeness (QED) is 0.389. The molecule has 0 N–H and O–H groups in total. The number of urea groups is 1. The number of aliphatic carboxylic acids is 1. The molecule has 1 aromatic rings. The van der Waals surface area contributed by atoms with Crippen LogP contribution < -0.4 is 64.2 Å². The Balaban J connectivity index is 0.00000121. The second-order valence-corrected chi connectivity index (χ2v) is 5.80. The van der Waals surface area contributed by atoms with Crippen LogP contribution in [0.4, 0.5) is 4.79 Å². The molecule has 2 bridgehead atoms. The molecule has 11 heteroatoms. The summed E-state index contributed by atoms with van der Waals surface area (Å²) in [5, 5.41) is 11.3. The van der Waals surface area contributed by atoms with E-state index in [4.69, 9.17) is 0 Å². The zero-order valence-electron chi connectivity index (χ0n) is 11.9. The van der Waals surface area contributed by atoms with E-state index in [1.807, 2.05) is 0 Å². The normalized spacial score (nSPS) is 22.5. The fourth-order valence-electron chi connectivity index (χ4n) is 2.78. The number of hydrogen-bond acceptors (Lipinski definition) is 6. The first-order valence-electron chi connectivity index (χ1n) is 5.68. The molecule has 0 saturated carbocycles. The van der Waals surface area contributed by atoms with E-state index < -0.39 is 34.4 Å². The van der Waals surface area contributed by atoms with Gasteiger partial charge >= 0.3 is 65.1 Å². The first-order valence-corrected chi connectivity index (χ1v) is 7.04. The first-order chi connectivity index (χ1) is 9.32. The SMILES string of the molecule is O=C([O-])[C@H]1c2ccccc2[C@@H]2CN1C(=O)N2S(=O)(=O)[O-].[Na+].[Na+]. The molecular weight excluding hydrogens is 334 g/mol. The first kappa shape index (κ1) is 19.9. The van der Waals surface area contributed by atoms with Crippen LogP contribution in [0, 0.1) is 0 Å². The van der Waals surface area contributed by atoms with Gasteiger partial charge in [-0.25, -0.2) is 17.5 Å². The maximum absolute atomic E-state index is 12.0. The summed E-state index contributed by atoms with van der Waals surface area (Å²) in [5.74, 6) is -1.52. The van der Waals surface area contributed by atoms with Crippen molar-refractivity contribution in [3.63, 3.8) is 0 Å². The number of rotatable bonds is 2. The summed E-state index contributed by atoms with van der Waals surface area (Å²) in [6, 6.07) is 2.63. The van der Waals surface area contributed by atoms with Crippen molar-refractivity contribution in [1.82, 2.24) is 9.21 Å². The number of carboxylic acids is 1. The minimum Gasteiger partial charge on any atom is -0.731 e. The maximum atomic E-state index is 12.0. The topological polar surface area (TPSA) is 121 Å². The van der Waals surface area contributed by atoms with Crippen molar-refractivity contribution >= 4 is 22.3 Å². The fraction of sp³-hybridized carbons (Fsp3) is 0.273. The van der Waals surface area contributed by atoms with Crippen LogP contribution in [0.2, 0.25) is 0 Å². The molecule has 2 atom stereocenters. The van der Waals surface area contributed by atoms with Crippen LogP contribution in [-0.4, -0.2) is 40.7 Å². The predicted molar refractivity (Wildman–Crippen MR) is 60.6 cm³/mol. The number of carbonyl (C=O) groups excluding carboxylic acids is 2. The molecule has 1 fully saturated rings. The molecule has 8 nitrogen and oxygen atoms in total. The molecule has 0 spiro atoms. The summed E-state index contributed by atoms with van der Waals surface area (Å²) < 4.78 is 33.9. The number of carboxylic acid groups (broad SMARTS) is 1. The zero-order chi connectivity index (χ0) is 14.7. The van der Waals surface area contributed by atoms with Gasteiger partial charge in [0.25, 0.3) is 0 Å². The van der Waals surface area contributed by atoms with E-state index in [1.165, 1.54) is 12.1 Å². The van der Waals surface area contributed by atoms with Crippen molar-refractivity contribution in [2.24, 2.45) is 0 Å². The van der Waals surface area contributed by atoms with Crippen LogP contribution in [0.3, 0.4) is 0 Å². The second kappa shape index (κ2) is 6.78. The van der Waals surface area contributed by atoms with Gasteiger partial charge in [-0.2, -0.15) is 0 Å². The number of fused-ring (bicyclic) bond motifs is 4. The summed E-state index contributed by atoms with van der Waals surface area (Å²) in [5.41, 5.74) is 0.603. The van der Waals surface area contributed by atoms with E-state index in [1.54, 1.807) is 12.1 Å². The zero-order valence-corrected chi connectivity index (χ0v) is 16.7. The van der Waals surface area contributed by atoms with Crippen molar-refractivity contribution in [3.05, 3.63) is 35.4 Å². The third-order valence-corrected chi connectivity index (χ3v) is 4.40. The monoisotopic (exact) mass is 342 g/mol. The molecule has 2 aliphatic rings. The van der Waals surface area contributed by atoms with Gasteiger partial charge in [0, 0.05) is 6.54 Å². The van der Waals surface area contributed by atoms with Crippen molar-refractivity contribution in [2.75, 3.05) is 6.54 Å².